The third-order valence-corrected chi connectivity index (χ3v) is 2.99. The molecule has 0 aliphatic rings. The summed E-state index contributed by atoms with van der Waals surface area (Å²) >= 11 is 0. The lowest BCUT2D eigenvalue weighted by molar-refractivity contribution is -0.384. The van der Waals surface area contributed by atoms with Gasteiger partial charge in [0.2, 0.25) is 5.82 Å². The van der Waals surface area contributed by atoms with Crippen molar-refractivity contribution in [1.82, 2.24) is 14.8 Å². The molecule has 0 bridgehead atoms. The second-order valence-electron chi connectivity index (χ2n) is 4.62. The molecule has 21 heavy (non-hydrogen) atoms. The minimum Gasteiger partial charge on any atom is -0.370 e. The zero-order chi connectivity index (χ0) is 15.4. The topological polar surface area (TPSA) is 97.9 Å². The summed E-state index contributed by atoms with van der Waals surface area (Å²) in [4.78, 5) is 14.9. The van der Waals surface area contributed by atoms with E-state index >= 15 is 0 Å². The Balaban J connectivity index is 2.22. The number of aromatic nitrogens is 3. The number of aryl methyl sites for hydroxylation is 2. The van der Waals surface area contributed by atoms with Crippen LogP contribution in [0.25, 0.3) is 0 Å². The highest BCUT2D eigenvalue weighted by molar-refractivity contribution is 5.60. The van der Waals surface area contributed by atoms with Crippen LogP contribution in [-0.4, -0.2) is 26.2 Å². The molecule has 0 fully saturated rings. The van der Waals surface area contributed by atoms with Crippen molar-refractivity contribution < 1.29 is 4.92 Å². The first-order valence-electron chi connectivity index (χ1n) is 6.63. The zero-order valence-electron chi connectivity index (χ0n) is 12.3. The molecule has 0 aliphatic heterocycles. The third kappa shape index (κ3) is 3.47. The number of anilines is 2. The molecule has 0 aromatic carbocycles. The predicted molar refractivity (Wildman–Crippen MR) is 80.3 cm³/mol. The average Bonchev–Trinajstić information content (AvgIpc) is 2.75. The summed E-state index contributed by atoms with van der Waals surface area (Å²) in [6.07, 6.45) is 1.88. The summed E-state index contributed by atoms with van der Waals surface area (Å²) in [6.45, 7) is 4.97. The van der Waals surface area contributed by atoms with E-state index in [1.54, 1.807) is 10.7 Å². The SMILES string of the molecule is CCNc1ccc([N+](=O)[O-])c(NCc2cn(C)nc2C)n1. The van der Waals surface area contributed by atoms with Crippen molar-refractivity contribution in [2.75, 3.05) is 17.2 Å². The van der Waals surface area contributed by atoms with E-state index in [0.29, 0.717) is 18.9 Å². The van der Waals surface area contributed by atoms with E-state index in [4.69, 9.17) is 0 Å². The van der Waals surface area contributed by atoms with Crippen LogP contribution in [0.4, 0.5) is 17.3 Å². The van der Waals surface area contributed by atoms with Crippen LogP contribution in [0.5, 0.6) is 0 Å². The van der Waals surface area contributed by atoms with Crippen molar-refractivity contribution >= 4 is 17.3 Å². The second kappa shape index (κ2) is 6.21. The maximum absolute atomic E-state index is 11.1. The van der Waals surface area contributed by atoms with Gasteiger partial charge in [-0.1, -0.05) is 0 Å². The standard InChI is InChI=1S/C13H18N6O2/c1-4-14-12-6-5-11(19(20)21)13(16-12)15-7-10-8-18(3)17-9(10)2/h5-6,8H,4,7H2,1-3H3,(H2,14,15,16). The number of nitrogens with one attached hydrogen (secondary N) is 2. The Kier molecular flexibility index (Phi) is 4.36. The molecule has 112 valence electrons. The fourth-order valence-electron chi connectivity index (χ4n) is 2.01. The molecule has 2 rings (SSSR count). The first kappa shape index (κ1) is 14.8. The lowest BCUT2D eigenvalue weighted by Crippen LogP contribution is -2.07. The zero-order valence-corrected chi connectivity index (χ0v) is 12.3. The molecule has 2 aromatic heterocycles. The monoisotopic (exact) mass is 290 g/mol. The van der Waals surface area contributed by atoms with Gasteiger partial charge in [-0.05, 0) is 19.9 Å². The average molecular weight is 290 g/mol. The fourth-order valence-corrected chi connectivity index (χ4v) is 2.01. The Bertz CT molecular complexity index is 652. The highest BCUT2D eigenvalue weighted by atomic mass is 16.6. The molecule has 2 N–H and O–H groups in total. The van der Waals surface area contributed by atoms with Crippen LogP contribution < -0.4 is 10.6 Å². The molecule has 0 amide bonds. The Morgan fingerprint density at radius 3 is 2.71 bits per heavy atom. The molecular formula is C13H18N6O2. The van der Waals surface area contributed by atoms with Gasteiger partial charge >= 0.3 is 5.69 Å². The van der Waals surface area contributed by atoms with E-state index in [1.807, 2.05) is 27.1 Å². The van der Waals surface area contributed by atoms with Gasteiger partial charge in [0.25, 0.3) is 0 Å². The number of hydrogen-bond acceptors (Lipinski definition) is 6. The Hall–Kier alpha value is -2.64. The van der Waals surface area contributed by atoms with Gasteiger partial charge in [-0.2, -0.15) is 5.10 Å². The maximum Gasteiger partial charge on any atom is 0.311 e. The van der Waals surface area contributed by atoms with Crippen molar-refractivity contribution in [2.45, 2.75) is 20.4 Å². The van der Waals surface area contributed by atoms with E-state index < -0.39 is 4.92 Å². The summed E-state index contributed by atoms with van der Waals surface area (Å²) in [5.74, 6) is 0.857. The van der Waals surface area contributed by atoms with Crippen LogP contribution in [0.15, 0.2) is 18.3 Å². The summed E-state index contributed by atoms with van der Waals surface area (Å²) in [5.41, 5.74) is 1.82. The highest BCUT2D eigenvalue weighted by Gasteiger charge is 2.16. The van der Waals surface area contributed by atoms with Crippen LogP contribution in [0, 0.1) is 17.0 Å². The molecule has 0 saturated carbocycles. The molecule has 2 aromatic rings. The summed E-state index contributed by atoms with van der Waals surface area (Å²) in [6, 6.07) is 3.05. The Morgan fingerprint density at radius 2 is 2.14 bits per heavy atom. The maximum atomic E-state index is 11.1. The van der Waals surface area contributed by atoms with Crippen LogP contribution in [-0.2, 0) is 13.6 Å². The van der Waals surface area contributed by atoms with Crippen molar-refractivity contribution in [1.29, 1.82) is 0 Å². The predicted octanol–water partition coefficient (Wildman–Crippen LogP) is 2.08. The minimum atomic E-state index is -0.443. The molecular weight excluding hydrogens is 272 g/mol. The van der Waals surface area contributed by atoms with Crippen LogP contribution in [0.1, 0.15) is 18.2 Å². The van der Waals surface area contributed by atoms with Gasteiger partial charge in [0, 0.05) is 38.0 Å². The van der Waals surface area contributed by atoms with Gasteiger partial charge in [0.1, 0.15) is 5.82 Å². The molecule has 8 nitrogen and oxygen atoms in total. The van der Waals surface area contributed by atoms with Crippen LogP contribution >= 0.6 is 0 Å². The number of nitro groups is 1. The summed E-state index contributed by atoms with van der Waals surface area (Å²) < 4.78 is 1.71. The normalized spacial score (nSPS) is 10.4. The molecule has 0 atom stereocenters. The largest absolute Gasteiger partial charge is 0.370 e. The molecule has 0 unspecified atom stereocenters. The number of nitrogens with zero attached hydrogens (tertiary/aromatic N) is 4. The van der Waals surface area contributed by atoms with Crippen molar-refractivity contribution in [3.8, 4) is 0 Å². The van der Waals surface area contributed by atoms with E-state index in [9.17, 15) is 10.1 Å². The third-order valence-electron chi connectivity index (χ3n) is 2.99. The molecule has 0 saturated heterocycles. The van der Waals surface area contributed by atoms with Gasteiger partial charge in [-0.15, -0.1) is 0 Å². The van der Waals surface area contributed by atoms with Crippen LogP contribution in [0.2, 0.25) is 0 Å². The molecule has 2 heterocycles. The van der Waals surface area contributed by atoms with Crippen LogP contribution in [0.3, 0.4) is 0 Å². The first-order chi connectivity index (χ1) is 10.0. The van der Waals surface area contributed by atoms with Crippen molar-refractivity contribution in [2.24, 2.45) is 7.05 Å². The number of pyridine rings is 1. The summed E-state index contributed by atoms with van der Waals surface area (Å²) in [5, 5.41) is 21.4. The van der Waals surface area contributed by atoms with E-state index in [1.165, 1.54) is 6.07 Å². The van der Waals surface area contributed by atoms with E-state index in [0.717, 1.165) is 11.3 Å². The van der Waals surface area contributed by atoms with Crippen molar-refractivity contribution in [3.05, 3.63) is 39.7 Å². The van der Waals surface area contributed by atoms with E-state index in [2.05, 4.69) is 20.7 Å². The molecule has 0 radical (unpaired) electrons. The quantitative estimate of drug-likeness (QED) is 0.624. The lowest BCUT2D eigenvalue weighted by Gasteiger charge is -2.08. The molecule has 0 spiro atoms. The van der Waals surface area contributed by atoms with Gasteiger partial charge in [-0.25, -0.2) is 4.98 Å². The lowest BCUT2D eigenvalue weighted by atomic mass is 10.2. The highest BCUT2D eigenvalue weighted by Crippen LogP contribution is 2.24. The Morgan fingerprint density at radius 1 is 1.38 bits per heavy atom. The van der Waals surface area contributed by atoms with Gasteiger partial charge < -0.3 is 10.6 Å². The summed E-state index contributed by atoms with van der Waals surface area (Å²) in [7, 11) is 1.84. The minimum absolute atomic E-state index is 0.0433. The van der Waals surface area contributed by atoms with E-state index in [-0.39, 0.29) is 11.5 Å². The molecule has 0 aliphatic carbocycles. The number of rotatable bonds is 6. The van der Waals surface area contributed by atoms with Gasteiger partial charge in [0.05, 0.1) is 10.6 Å². The molecule has 8 heteroatoms. The van der Waals surface area contributed by atoms with Crippen molar-refractivity contribution in [3.63, 3.8) is 0 Å². The fraction of sp³-hybridized carbons (Fsp3) is 0.385. The second-order valence-corrected chi connectivity index (χ2v) is 4.62. The smallest absolute Gasteiger partial charge is 0.311 e. The van der Waals surface area contributed by atoms with Gasteiger partial charge in [0.15, 0.2) is 0 Å². The first-order valence-corrected chi connectivity index (χ1v) is 6.63. The Labute approximate surface area is 122 Å². The number of hydrogen-bond donors (Lipinski definition) is 2. The van der Waals surface area contributed by atoms with Gasteiger partial charge in [-0.3, -0.25) is 14.8 Å².